The maximum absolute atomic E-state index is 10.8. The van der Waals surface area contributed by atoms with Crippen molar-refractivity contribution in [1.82, 2.24) is 5.32 Å². The van der Waals surface area contributed by atoms with Crippen LogP contribution in [-0.4, -0.2) is 17.3 Å². The van der Waals surface area contributed by atoms with Gasteiger partial charge in [0.15, 0.2) is 0 Å². The van der Waals surface area contributed by atoms with Crippen LogP contribution < -0.4 is 5.32 Å². The molecule has 0 aromatic heterocycles. The lowest BCUT2D eigenvalue weighted by Gasteiger charge is -2.48. The van der Waals surface area contributed by atoms with Crippen LogP contribution in [0.2, 0.25) is 0 Å². The molecule has 2 aliphatic rings. The molecular weight excluding hydrogens is 326 g/mol. The van der Waals surface area contributed by atoms with Gasteiger partial charge in [-0.2, -0.15) is 0 Å². The molecule has 2 nitrogen and oxygen atoms in total. The molecular formula is C15H21BrClNO. The molecule has 0 spiro atoms. The largest absolute Gasteiger partial charge is 0.389 e. The second-order valence-electron chi connectivity index (χ2n) is 5.69. The Morgan fingerprint density at radius 3 is 2.63 bits per heavy atom. The SMILES string of the molecule is Cl.O[C@]12CCCC[C@H]1[C@H](c1ccc(Br)cc1)NCC2. The number of rotatable bonds is 1. The van der Waals surface area contributed by atoms with E-state index in [1.165, 1.54) is 18.4 Å². The quantitative estimate of drug-likeness (QED) is 0.810. The van der Waals surface area contributed by atoms with E-state index in [1.54, 1.807) is 0 Å². The highest BCUT2D eigenvalue weighted by Gasteiger charge is 2.45. The lowest BCUT2D eigenvalue weighted by molar-refractivity contribution is -0.0861. The Balaban J connectivity index is 0.00000133. The van der Waals surface area contributed by atoms with Gasteiger partial charge in [0.1, 0.15) is 0 Å². The molecule has 1 aliphatic carbocycles. The summed E-state index contributed by atoms with van der Waals surface area (Å²) in [4.78, 5) is 0. The fourth-order valence-electron chi connectivity index (χ4n) is 3.64. The van der Waals surface area contributed by atoms with Gasteiger partial charge < -0.3 is 10.4 Å². The molecule has 0 amide bonds. The average Bonchev–Trinajstić information content (AvgIpc) is 2.38. The zero-order valence-corrected chi connectivity index (χ0v) is 13.3. The van der Waals surface area contributed by atoms with E-state index in [0.717, 1.165) is 30.3 Å². The molecule has 0 unspecified atom stereocenters. The van der Waals surface area contributed by atoms with Gasteiger partial charge in [0, 0.05) is 16.4 Å². The Morgan fingerprint density at radius 2 is 1.89 bits per heavy atom. The zero-order chi connectivity index (χ0) is 12.6. The van der Waals surface area contributed by atoms with Crippen molar-refractivity contribution in [1.29, 1.82) is 0 Å². The Morgan fingerprint density at radius 1 is 1.16 bits per heavy atom. The summed E-state index contributed by atoms with van der Waals surface area (Å²) < 4.78 is 1.11. The molecule has 2 fully saturated rings. The number of piperidine rings is 1. The molecule has 1 saturated carbocycles. The van der Waals surface area contributed by atoms with E-state index in [-0.39, 0.29) is 12.4 Å². The average molecular weight is 347 g/mol. The number of hydrogen-bond donors (Lipinski definition) is 2. The zero-order valence-electron chi connectivity index (χ0n) is 10.9. The molecule has 106 valence electrons. The minimum atomic E-state index is -0.429. The minimum absolute atomic E-state index is 0. The highest BCUT2D eigenvalue weighted by Crippen LogP contribution is 2.45. The molecule has 0 bridgehead atoms. The van der Waals surface area contributed by atoms with E-state index >= 15 is 0 Å². The van der Waals surface area contributed by atoms with Crippen molar-refractivity contribution >= 4 is 28.3 Å². The Labute approximate surface area is 129 Å². The molecule has 1 aliphatic heterocycles. The Kier molecular flexibility index (Phi) is 4.93. The lowest BCUT2D eigenvalue weighted by atomic mass is 9.67. The predicted octanol–water partition coefficient (Wildman–Crippen LogP) is 3.83. The molecule has 3 rings (SSSR count). The maximum atomic E-state index is 10.8. The fraction of sp³-hybridized carbons (Fsp3) is 0.600. The first-order chi connectivity index (χ1) is 8.69. The lowest BCUT2D eigenvalue weighted by Crippen LogP contribution is -2.53. The van der Waals surface area contributed by atoms with E-state index in [2.05, 4.69) is 45.5 Å². The van der Waals surface area contributed by atoms with Gasteiger partial charge in [-0.1, -0.05) is 40.9 Å². The fourth-order valence-corrected chi connectivity index (χ4v) is 3.91. The van der Waals surface area contributed by atoms with E-state index < -0.39 is 5.60 Å². The summed E-state index contributed by atoms with van der Waals surface area (Å²) in [6.07, 6.45) is 5.46. The van der Waals surface area contributed by atoms with Gasteiger partial charge in [-0.3, -0.25) is 0 Å². The van der Waals surface area contributed by atoms with Gasteiger partial charge in [-0.05, 0) is 43.5 Å². The van der Waals surface area contributed by atoms with Crippen LogP contribution in [0.4, 0.5) is 0 Å². The molecule has 0 radical (unpaired) electrons. The molecule has 2 N–H and O–H groups in total. The smallest absolute Gasteiger partial charge is 0.0706 e. The molecule has 1 heterocycles. The first-order valence-corrected chi connectivity index (χ1v) is 7.70. The van der Waals surface area contributed by atoms with Crippen molar-refractivity contribution < 1.29 is 5.11 Å². The summed E-state index contributed by atoms with van der Waals surface area (Å²) in [5, 5.41) is 14.4. The third kappa shape index (κ3) is 2.99. The summed E-state index contributed by atoms with van der Waals surface area (Å²) >= 11 is 3.48. The summed E-state index contributed by atoms with van der Waals surface area (Å²) in [6, 6.07) is 8.84. The van der Waals surface area contributed by atoms with Crippen molar-refractivity contribution in [2.45, 2.75) is 43.7 Å². The topological polar surface area (TPSA) is 32.3 Å². The van der Waals surface area contributed by atoms with Gasteiger partial charge in [-0.25, -0.2) is 0 Å². The number of hydrogen-bond acceptors (Lipinski definition) is 2. The first-order valence-electron chi connectivity index (χ1n) is 6.90. The molecule has 1 aromatic rings. The molecule has 1 aromatic carbocycles. The van der Waals surface area contributed by atoms with Gasteiger partial charge in [0.2, 0.25) is 0 Å². The summed E-state index contributed by atoms with van der Waals surface area (Å²) in [7, 11) is 0. The normalized spacial score (nSPS) is 34.2. The van der Waals surface area contributed by atoms with E-state index in [0.29, 0.717) is 12.0 Å². The van der Waals surface area contributed by atoms with Crippen LogP contribution in [0.1, 0.15) is 43.7 Å². The number of benzene rings is 1. The van der Waals surface area contributed by atoms with Gasteiger partial charge in [0.25, 0.3) is 0 Å². The van der Waals surface area contributed by atoms with Crippen LogP contribution >= 0.6 is 28.3 Å². The number of fused-ring (bicyclic) bond motifs is 1. The first kappa shape index (κ1) is 15.3. The second-order valence-corrected chi connectivity index (χ2v) is 6.60. The van der Waals surface area contributed by atoms with Crippen LogP contribution in [-0.2, 0) is 0 Å². The number of nitrogens with one attached hydrogen (secondary N) is 1. The van der Waals surface area contributed by atoms with Crippen LogP contribution in [0.3, 0.4) is 0 Å². The van der Waals surface area contributed by atoms with Crippen molar-refractivity contribution in [3.63, 3.8) is 0 Å². The van der Waals surface area contributed by atoms with Gasteiger partial charge in [-0.15, -0.1) is 12.4 Å². The molecule has 4 heteroatoms. The van der Waals surface area contributed by atoms with Crippen molar-refractivity contribution in [2.24, 2.45) is 5.92 Å². The van der Waals surface area contributed by atoms with Crippen molar-refractivity contribution in [3.05, 3.63) is 34.3 Å². The highest BCUT2D eigenvalue weighted by atomic mass is 79.9. The van der Waals surface area contributed by atoms with Gasteiger partial charge >= 0.3 is 0 Å². The number of halogens is 2. The molecule has 1 saturated heterocycles. The van der Waals surface area contributed by atoms with Crippen LogP contribution in [0.25, 0.3) is 0 Å². The Hall–Kier alpha value is -0.0900. The predicted molar refractivity (Wildman–Crippen MR) is 83.7 cm³/mol. The van der Waals surface area contributed by atoms with E-state index in [4.69, 9.17) is 0 Å². The van der Waals surface area contributed by atoms with E-state index in [1.807, 2.05) is 0 Å². The van der Waals surface area contributed by atoms with Gasteiger partial charge in [0.05, 0.1) is 5.60 Å². The van der Waals surface area contributed by atoms with E-state index in [9.17, 15) is 5.11 Å². The standard InChI is InChI=1S/C15H20BrNO.ClH/c16-12-6-4-11(5-7-12)14-13-3-1-2-8-15(13,18)9-10-17-14;/h4-7,13-14,17-18H,1-3,8-10H2;1H/t13-,14-,15-;/m0./s1. The third-order valence-electron chi connectivity index (χ3n) is 4.62. The van der Waals surface area contributed by atoms with Crippen molar-refractivity contribution in [3.8, 4) is 0 Å². The summed E-state index contributed by atoms with van der Waals surface area (Å²) in [6.45, 7) is 0.924. The van der Waals surface area contributed by atoms with Crippen LogP contribution in [0.5, 0.6) is 0 Å². The van der Waals surface area contributed by atoms with Crippen molar-refractivity contribution in [2.75, 3.05) is 6.54 Å². The molecule has 19 heavy (non-hydrogen) atoms. The molecule has 3 atom stereocenters. The minimum Gasteiger partial charge on any atom is -0.389 e. The summed E-state index contributed by atoms with van der Waals surface area (Å²) in [5.41, 5.74) is 0.879. The maximum Gasteiger partial charge on any atom is 0.0706 e. The monoisotopic (exact) mass is 345 g/mol. The third-order valence-corrected chi connectivity index (χ3v) is 5.15. The second kappa shape index (κ2) is 6.13. The number of aliphatic hydroxyl groups is 1. The summed E-state index contributed by atoms with van der Waals surface area (Å²) in [5.74, 6) is 0.376. The highest BCUT2D eigenvalue weighted by molar-refractivity contribution is 9.10. The van der Waals surface area contributed by atoms with Crippen LogP contribution in [0, 0.1) is 5.92 Å². The van der Waals surface area contributed by atoms with Crippen LogP contribution in [0.15, 0.2) is 28.7 Å². The Bertz CT molecular complexity index is 421.